The molecule has 1 heterocycles. The van der Waals surface area contributed by atoms with E-state index in [1.807, 2.05) is 12.1 Å². The Kier molecular flexibility index (Phi) is 8.93. The number of hydrogen-bond donors (Lipinski definition) is 0. The Morgan fingerprint density at radius 3 is 1.50 bits per heavy atom. The van der Waals surface area contributed by atoms with Crippen molar-refractivity contribution in [1.82, 2.24) is 0 Å². The number of para-hydroxylation sites is 1. The van der Waals surface area contributed by atoms with Crippen LogP contribution in [0.25, 0.3) is 55.3 Å². The molecule has 2 nitrogen and oxygen atoms in total. The fraction of sp³-hybridized carbons (Fsp3) is 0.125. The molecule has 7 aromatic carbocycles. The van der Waals surface area contributed by atoms with Gasteiger partial charge >= 0.3 is 0 Å². The number of anilines is 3. The zero-order valence-electron chi connectivity index (χ0n) is 31.0. The van der Waals surface area contributed by atoms with Crippen molar-refractivity contribution < 1.29 is 4.42 Å². The van der Waals surface area contributed by atoms with Gasteiger partial charge in [0.2, 0.25) is 0 Å². The van der Waals surface area contributed by atoms with Crippen molar-refractivity contribution in [3.63, 3.8) is 0 Å². The van der Waals surface area contributed by atoms with Gasteiger partial charge in [-0.2, -0.15) is 0 Å². The van der Waals surface area contributed by atoms with E-state index in [1.165, 1.54) is 67.0 Å². The lowest BCUT2D eigenvalue weighted by molar-refractivity contribution is 0.660. The first-order valence-electron chi connectivity index (χ1n) is 18.4. The van der Waals surface area contributed by atoms with Crippen LogP contribution in [-0.2, 0) is 10.8 Å². The molecule has 8 aromatic rings. The quantitative estimate of drug-likeness (QED) is 0.166. The van der Waals surface area contributed by atoms with E-state index in [2.05, 4.69) is 199 Å². The molecule has 3 atom stereocenters. The van der Waals surface area contributed by atoms with Crippen molar-refractivity contribution in [3.05, 3.63) is 174 Å². The number of fused-ring (bicyclic) bond motifs is 9. The smallest absolute Gasteiger partial charge is 0.135 e. The second kappa shape index (κ2) is 13.6. The van der Waals surface area contributed by atoms with E-state index < -0.39 is 0 Å². The lowest BCUT2D eigenvalue weighted by atomic mass is 9.82. The SMILES string of the molecule is CC1(C)c2ccccc2-c2c(N(c3ccc(-c4ccc5oc6ccccc6c5c4)cc3)c3cccc4c3-c3ccccc3C4(C)C)cccc21.PP(P)P. The Morgan fingerprint density at radius 1 is 0.463 bits per heavy atom. The van der Waals surface area contributed by atoms with Crippen LogP contribution in [0.5, 0.6) is 0 Å². The predicted molar refractivity (Wildman–Crippen MR) is 245 cm³/mol. The molecule has 0 N–H and O–H groups in total. The maximum absolute atomic E-state index is 6.14. The van der Waals surface area contributed by atoms with E-state index in [9.17, 15) is 0 Å². The van der Waals surface area contributed by atoms with Crippen LogP contribution in [0.15, 0.2) is 156 Å². The normalized spacial score (nSPS) is 14.3. The van der Waals surface area contributed by atoms with Crippen LogP contribution in [0.4, 0.5) is 17.1 Å². The van der Waals surface area contributed by atoms with Crippen molar-refractivity contribution in [2.75, 3.05) is 4.90 Å². The molecule has 0 aliphatic heterocycles. The molecular formula is C48H43NOP4. The highest BCUT2D eigenvalue weighted by molar-refractivity contribution is 8.65. The highest BCUT2D eigenvalue weighted by Gasteiger charge is 2.40. The molecule has 0 fully saturated rings. The summed E-state index contributed by atoms with van der Waals surface area (Å²) in [5.74, 6) is 0. The van der Waals surface area contributed by atoms with E-state index in [0.717, 1.165) is 27.6 Å². The lowest BCUT2D eigenvalue weighted by Crippen LogP contribution is -2.17. The van der Waals surface area contributed by atoms with Gasteiger partial charge in [0.25, 0.3) is 0 Å². The number of furan rings is 1. The summed E-state index contributed by atoms with van der Waals surface area (Å²) in [6.45, 7) is 9.57. The Bertz CT molecular complexity index is 2620. The fourth-order valence-electron chi connectivity index (χ4n) is 8.96. The molecule has 6 heteroatoms. The zero-order chi connectivity index (χ0) is 37.4. The molecule has 2 aliphatic carbocycles. The first-order chi connectivity index (χ1) is 26.1. The largest absolute Gasteiger partial charge is 0.456 e. The third kappa shape index (κ3) is 5.69. The van der Waals surface area contributed by atoms with E-state index in [0.29, 0.717) is 0 Å². The van der Waals surface area contributed by atoms with Crippen molar-refractivity contribution in [2.45, 2.75) is 38.5 Å². The zero-order valence-corrected chi connectivity index (χ0v) is 35.3. The average molecular weight is 774 g/mol. The Labute approximate surface area is 326 Å². The first kappa shape index (κ1) is 35.6. The molecule has 54 heavy (non-hydrogen) atoms. The number of rotatable bonds is 4. The minimum Gasteiger partial charge on any atom is -0.456 e. The van der Waals surface area contributed by atoms with Crippen molar-refractivity contribution in [2.24, 2.45) is 0 Å². The third-order valence-electron chi connectivity index (χ3n) is 11.5. The molecular weight excluding hydrogens is 730 g/mol. The van der Waals surface area contributed by atoms with Crippen LogP contribution in [0.3, 0.4) is 0 Å². The first-order valence-corrected chi connectivity index (χ1v) is 24.6. The molecule has 2 aliphatic rings. The average Bonchev–Trinajstić information content (AvgIpc) is 3.75. The summed E-state index contributed by atoms with van der Waals surface area (Å²) in [6.07, 6.45) is 0. The molecule has 266 valence electrons. The molecule has 0 amide bonds. The van der Waals surface area contributed by atoms with Gasteiger partial charge < -0.3 is 9.32 Å². The third-order valence-corrected chi connectivity index (χ3v) is 11.5. The second-order valence-corrected chi connectivity index (χ2v) is 27.0. The van der Waals surface area contributed by atoms with Gasteiger partial charge in [0.15, 0.2) is 0 Å². The summed E-state index contributed by atoms with van der Waals surface area (Å²) in [4.78, 5) is 2.52. The van der Waals surface area contributed by atoms with E-state index in [1.54, 1.807) is 0 Å². The van der Waals surface area contributed by atoms with E-state index in [-0.39, 0.29) is 17.8 Å². The monoisotopic (exact) mass is 773 g/mol. The van der Waals surface area contributed by atoms with Crippen LogP contribution >= 0.6 is 33.8 Å². The molecule has 0 radical (unpaired) electrons. The van der Waals surface area contributed by atoms with Crippen LogP contribution in [-0.4, -0.2) is 0 Å². The van der Waals surface area contributed by atoms with Crippen LogP contribution in [0, 0.1) is 0 Å². The molecule has 0 saturated carbocycles. The number of nitrogens with zero attached hydrogens (tertiary/aromatic N) is 1. The summed E-state index contributed by atoms with van der Waals surface area (Å²) in [7, 11) is 7.94. The van der Waals surface area contributed by atoms with Gasteiger partial charge in [0.1, 0.15) is 11.2 Å². The molecule has 10 rings (SSSR count). The minimum atomic E-state index is -0.0966. The predicted octanol–water partition coefficient (Wildman–Crippen LogP) is 15.2. The van der Waals surface area contributed by atoms with Gasteiger partial charge in [-0.25, -0.2) is 0 Å². The van der Waals surface area contributed by atoms with Crippen LogP contribution in [0.2, 0.25) is 0 Å². The van der Waals surface area contributed by atoms with Crippen molar-refractivity contribution in [3.8, 4) is 33.4 Å². The van der Waals surface area contributed by atoms with Crippen molar-refractivity contribution >= 4 is 72.8 Å². The molecule has 0 saturated heterocycles. The fourth-order valence-corrected chi connectivity index (χ4v) is 8.96. The topological polar surface area (TPSA) is 16.4 Å². The van der Waals surface area contributed by atoms with Gasteiger partial charge in [-0.3, -0.25) is 0 Å². The maximum atomic E-state index is 6.14. The summed E-state index contributed by atoms with van der Waals surface area (Å²) in [5, 5.41) is 2.29. The number of hydrogen-bond acceptors (Lipinski definition) is 2. The molecule has 3 unspecified atom stereocenters. The van der Waals surface area contributed by atoms with Gasteiger partial charge in [-0.05, 0) is 94.0 Å². The van der Waals surface area contributed by atoms with Gasteiger partial charge in [0, 0.05) is 38.4 Å². The maximum Gasteiger partial charge on any atom is 0.135 e. The molecule has 0 spiro atoms. The standard InChI is InChI=1S/C48H37NO.H6P4/c1-47(2)37-16-8-5-14-34(37)45-39(47)18-11-20-41(45)49(42-21-12-19-40-46(42)35-15-6-9-17-38(35)48(40,3)4)32-26-23-30(24-27-32)31-25-28-44-36(29-31)33-13-7-10-22-43(33)50-44;1-4(2)3/h5-29H,1-4H3;1-3H2. The van der Waals surface area contributed by atoms with Gasteiger partial charge in [-0.15, -0.1) is 26.8 Å². The Balaban J connectivity index is 0.000000918. The molecule has 1 aromatic heterocycles. The summed E-state index contributed by atoms with van der Waals surface area (Å²) in [6, 6.07) is 55.6. The summed E-state index contributed by atoms with van der Waals surface area (Å²) < 4.78 is 6.14. The Hall–Kier alpha value is -4.14. The van der Waals surface area contributed by atoms with Crippen molar-refractivity contribution in [1.29, 1.82) is 0 Å². The molecule has 0 bridgehead atoms. The van der Waals surface area contributed by atoms with E-state index in [4.69, 9.17) is 4.42 Å². The van der Waals surface area contributed by atoms with Crippen LogP contribution in [0.1, 0.15) is 49.9 Å². The highest BCUT2D eigenvalue weighted by Crippen LogP contribution is 2.60. The summed E-state index contributed by atoms with van der Waals surface area (Å²) in [5.41, 5.74) is 18.3. The minimum absolute atomic E-state index is 0.0966. The van der Waals surface area contributed by atoms with Gasteiger partial charge in [0.05, 0.1) is 11.4 Å². The number of benzene rings is 7. The van der Waals surface area contributed by atoms with Crippen LogP contribution < -0.4 is 4.90 Å². The second-order valence-electron chi connectivity index (χ2n) is 15.4. The van der Waals surface area contributed by atoms with E-state index >= 15 is 0 Å². The van der Waals surface area contributed by atoms with Gasteiger partial charge in [-0.1, -0.05) is 137 Å². The highest BCUT2D eigenvalue weighted by atomic mass is 32.7. The summed E-state index contributed by atoms with van der Waals surface area (Å²) >= 11 is 0. The Morgan fingerprint density at radius 2 is 0.926 bits per heavy atom. The lowest BCUT2D eigenvalue weighted by Gasteiger charge is -2.31.